The highest BCUT2D eigenvalue weighted by atomic mass is 19.1. The van der Waals surface area contributed by atoms with Crippen molar-refractivity contribution in [2.45, 2.75) is 32.9 Å². The van der Waals surface area contributed by atoms with Gasteiger partial charge in [0.15, 0.2) is 6.10 Å². The molecular weight excluding hydrogens is 281 g/mol. The van der Waals surface area contributed by atoms with E-state index in [4.69, 9.17) is 4.74 Å². The summed E-state index contributed by atoms with van der Waals surface area (Å²) in [6.07, 6.45) is 0.0330. The summed E-state index contributed by atoms with van der Waals surface area (Å²) in [6.45, 7) is 4.23. The highest BCUT2D eigenvalue weighted by Crippen LogP contribution is 2.15. The van der Waals surface area contributed by atoms with Crippen LogP contribution in [0.25, 0.3) is 0 Å². The fourth-order valence-corrected chi connectivity index (χ4v) is 2.08. The summed E-state index contributed by atoms with van der Waals surface area (Å²) in [5.41, 5.74) is 1.93. The first-order valence-corrected chi connectivity index (χ1v) is 7.34. The molecule has 0 saturated carbocycles. The number of nitrogens with one attached hydrogen (secondary N) is 1. The molecule has 4 heteroatoms. The SMILES string of the molecule is CC[C@H](Oc1cccc(C)c1)C(=O)NCc1ccc(F)cc1. The fourth-order valence-electron chi connectivity index (χ4n) is 2.08. The van der Waals surface area contributed by atoms with Crippen LogP contribution in [0.2, 0.25) is 0 Å². The Balaban J connectivity index is 1.92. The van der Waals surface area contributed by atoms with Crippen molar-refractivity contribution in [2.75, 3.05) is 0 Å². The molecule has 0 saturated heterocycles. The quantitative estimate of drug-likeness (QED) is 0.885. The summed E-state index contributed by atoms with van der Waals surface area (Å²) < 4.78 is 18.6. The second-order valence-corrected chi connectivity index (χ2v) is 5.18. The van der Waals surface area contributed by atoms with E-state index in [1.165, 1.54) is 12.1 Å². The van der Waals surface area contributed by atoms with Crippen molar-refractivity contribution >= 4 is 5.91 Å². The maximum absolute atomic E-state index is 12.8. The van der Waals surface area contributed by atoms with Gasteiger partial charge >= 0.3 is 0 Å². The molecule has 0 aliphatic heterocycles. The summed E-state index contributed by atoms with van der Waals surface area (Å²) in [7, 11) is 0. The number of hydrogen-bond acceptors (Lipinski definition) is 2. The molecule has 116 valence electrons. The lowest BCUT2D eigenvalue weighted by atomic mass is 10.2. The van der Waals surface area contributed by atoms with Crippen molar-refractivity contribution in [3.8, 4) is 5.75 Å². The minimum absolute atomic E-state index is 0.173. The van der Waals surface area contributed by atoms with Crippen LogP contribution in [0, 0.1) is 12.7 Å². The van der Waals surface area contributed by atoms with Gasteiger partial charge in [0.2, 0.25) is 0 Å². The molecule has 2 rings (SSSR count). The Hall–Kier alpha value is -2.36. The van der Waals surface area contributed by atoms with Crippen molar-refractivity contribution in [2.24, 2.45) is 0 Å². The van der Waals surface area contributed by atoms with Gasteiger partial charge in [-0.3, -0.25) is 4.79 Å². The molecule has 0 bridgehead atoms. The van der Waals surface area contributed by atoms with Gasteiger partial charge in [0.25, 0.3) is 5.91 Å². The van der Waals surface area contributed by atoms with Gasteiger partial charge in [-0.1, -0.05) is 31.2 Å². The van der Waals surface area contributed by atoms with E-state index in [-0.39, 0.29) is 11.7 Å². The number of benzene rings is 2. The van der Waals surface area contributed by atoms with E-state index in [0.29, 0.717) is 18.7 Å². The zero-order valence-corrected chi connectivity index (χ0v) is 12.8. The van der Waals surface area contributed by atoms with Crippen molar-refractivity contribution < 1.29 is 13.9 Å². The first-order chi connectivity index (χ1) is 10.6. The summed E-state index contributed by atoms with van der Waals surface area (Å²) >= 11 is 0. The Kier molecular flexibility index (Phi) is 5.53. The predicted molar refractivity (Wildman–Crippen MR) is 84.1 cm³/mol. The van der Waals surface area contributed by atoms with Crippen molar-refractivity contribution in [3.05, 3.63) is 65.5 Å². The van der Waals surface area contributed by atoms with Gasteiger partial charge in [-0.2, -0.15) is 0 Å². The van der Waals surface area contributed by atoms with E-state index < -0.39 is 6.10 Å². The first kappa shape index (κ1) is 16.0. The van der Waals surface area contributed by atoms with Gasteiger partial charge in [-0.05, 0) is 48.7 Å². The second kappa shape index (κ2) is 7.59. The van der Waals surface area contributed by atoms with Crippen molar-refractivity contribution in [3.63, 3.8) is 0 Å². The Morgan fingerprint density at radius 2 is 1.95 bits per heavy atom. The molecule has 2 aromatic carbocycles. The van der Waals surface area contributed by atoms with Crippen LogP contribution < -0.4 is 10.1 Å². The number of amides is 1. The maximum atomic E-state index is 12.8. The smallest absolute Gasteiger partial charge is 0.261 e. The van der Waals surface area contributed by atoms with Crippen molar-refractivity contribution in [1.82, 2.24) is 5.32 Å². The minimum Gasteiger partial charge on any atom is -0.481 e. The van der Waals surface area contributed by atoms with Crippen LogP contribution in [0.3, 0.4) is 0 Å². The molecule has 0 spiro atoms. The molecule has 0 unspecified atom stereocenters. The average Bonchev–Trinajstić information content (AvgIpc) is 2.52. The van der Waals surface area contributed by atoms with Gasteiger partial charge in [-0.25, -0.2) is 4.39 Å². The molecule has 2 aromatic rings. The zero-order chi connectivity index (χ0) is 15.9. The van der Waals surface area contributed by atoms with Gasteiger partial charge in [0.1, 0.15) is 11.6 Å². The molecule has 0 aromatic heterocycles. The van der Waals surface area contributed by atoms with E-state index in [1.54, 1.807) is 12.1 Å². The molecule has 0 heterocycles. The Bertz CT molecular complexity index is 625. The second-order valence-electron chi connectivity index (χ2n) is 5.18. The molecule has 1 N–H and O–H groups in total. The zero-order valence-electron chi connectivity index (χ0n) is 12.8. The summed E-state index contributed by atoms with van der Waals surface area (Å²) in [6, 6.07) is 13.7. The Labute approximate surface area is 130 Å². The molecule has 22 heavy (non-hydrogen) atoms. The lowest BCUT2D eigenvalue weighted by Crippen LogP contribution is -2.37. The molecule has 0 aliphatic rings. The van der Waals surface area contributed by atoms with E-state index in [0.717, 1.165) is 11.1 Å². The van der Waals surface area contributed by atoms with Crippen LogP contribution in [0.15, 0.2) is 48.5 Å². The van der Waals surface area contributed by atoms with E-state index in [2.05, 4.69) is 5.32 Å². The van der Waals surface area contributed by atoms with Gasteiger partial charge in [0, 0.05) is 6.54 Å². The lowest BCUT2D eigenvalue weighted by molar-refractivity contribution is -0.128. The number of carbonyl (C=O) groups is 1. The Morgan fingerprint density at radius 3 is 2.59 bits per heavy atom. The highest BCUT2D eigenvalue weighted by molar-refractivity contribution is 5.81. The van der Waals surface area contributed by atoms with Crippen LogP contribution in [-0.2, 0) is 11.3 Å². The molecule has 0 fully saturated rings. The van der Waals surface area contributed by atoms with E-state index >= 15 is 0 Å². The van der Waals surface area contributed by atoms with Crippen molar-refractivity contribution in [1.29, 1.82) is 0 Å². The van der Waals surface area contributed by atoms with Crippen LogP contribution >= 0.6 is 0 Å². The third kappa shape index (κ3) is 4.58. The number of rotatable bonds is 6. The summed E-state index contributed by atoms with van der Waals surface area (Å²) in [5.74, 6) is 0.224. The topological polar surface area (TPSA) is 38.3 Å². The number of halogens is 1. The van der Waals surface area contributed by atoms with Crippen LogP contribution in [0.1, 0.15) is 24.5 Å². The standard InChI is InChI=1S/C18H20FNO2/c1-3-17(22-16-6-4-5-13(2)11-16)18(21)20-12-14-7-9-15(19)10-8-14/h4-11,17H,3,12H2,1-2H3,(H,20,21)/t17-/m0/s1. The van der Waals surface area contributed by atoms with Gasteiger partial charge in [0.05, 0.1) is 0 Å². The summed E-state index contributed by atoms with van der Waals surface area (Å²) in [5, 5.41) is 2.82. The summed E-state index contributed by atoms with van der Waals surface area (Å²) in [4.78, 5) is 12.2. The fraction of sp³-hybridized carbons (Fsp3) is 0.278. The number of aryl methyl sites for hydroxylation is 1. The maximum Gasteiger partial charge on any atom is 0.261 e. The third-order valence-electron chi connectivity index (χ3n) is 3.31. The van der Waals surface area contributed by atoms with Crippen LogP contribution in [0.5, 0.6) is 5.75 Å². The van der Waals surface area contributed by atoms with E-state index in [1.807, 2.05) is 38.1 Å². The van der Waals surface area contributed by atoms with Gasteiger partial charge < -0.3 is 10.1 Å². The predicted octanol–water partition coefficient (Wildman–Crippen LogP) is 3.61. The molecular formula is C18H20FNO2. The molecule has 1 atom stereocenters. The Morgan fingerprint density at radius 1 is 1.23 bits per heavy atom. The third-order valence-corrected chi connectivity index (χ3v) is 3.31. The normalized spacial score (nSPS) is 11.8. The molecule has 0 aliphatic carbocycles. The number of carbonyl (C=O) groups excluding carboxylic acids is 1. The van der Waals surface area contributed by atoms with Crippen LogP contribution in [-0.4, -0.2) is 12.0 Å². The average molecular weight is 301 g/mol. The highest BCUT2D eigenvalue weighted by Gasteiger charge is 2.18. The molecule has 3 nitrogen and oxygen atoms in total. The monoisotopic (exact) mass is 301 g/mol. The largest absolute Gasteiger partial charge is 0.481 e. The van der Waals surface area contributed by atoms with Crippen LogP contribution in [0.4, 0.5) is 4.39 Å². The van der Waals surface area contributed by atoms with E-state index in [9.17, 15) is 9.18 Å². The first-order valence-electron chi connectivity index (χ1n) is 7.34. The number of ether oxygens (including phenoxy) is 1. The molecule has 0 radical (unpaired) electrons. The minimum atomic E-state index is -0.540. The lowest BCUT2D eigenvalue weighted by Gasteiger charge is -2.17. The van der Waals surface area contributed by atoms with Gasteiger partial charge in [-0.15, -0.1) is 0 Å². The number of hydrogen-bond donors (Lipinski definition) is 1. The molecule has 1 amide bonds.